The third-order valence-corrected chi connectivity index (χ3v) is 7.27. The monoisotopic (exact) mass is 548 g/mol. The molecule has 2 saturated heterocycles. The molecule has 2 N–H and O–H groups in total. The third-order valence-electron chi connectivity index (χ3n) is 6.65. The molecule has 7 nitrogen and oxygen atoms in total. The Bertz CT molecular complexity index is 1360. The van der Waals surface area contributed by atoms with Gasteiger partial charge in [-0.15, -0.1) is 0 Å². The maximum atomic E-state index is 13.4. The number of phenolic OH excluding ortho intramolecular Hbond substituents is 1. The van der Waals surface area contributed by atoms with Crippen LogP contribution in [0.2, 0.25) is 0 Å². The predicted molar refractivity (Wildman–Crippen MR) is 141 cm³/mol. The highest BCUT2D eigenvalue weighted by atomic mass is 79.9. The molecule has 0 aliphatic carbocycles. The first-order valence-electron chi connectivity index (χ1n) is 11.7. The first kappa shape index (κ1) is 23.9. The first-order chi connectivity index (χ1) is 17.4. The van der Waals surface area contributed by atoms with Gasteiger partial charge in [-0.1, -0.05) is 12.1 Å². The lowest BCUT2D eigenvalue weighted by molar-refractivity contribution is -0.132. The Morgan fingerprint density at radius 3 is 2.31 bits per heavy atom. The largest absolute Gasteiger partial charge is 0.508 e. The molecule has 1 atom stereocenters. The standard InChI is InChI=1S/C28H25BrN2O5/c1-36-23-12-7-18(16-22(23)29)26(33)24-25(17-5-4-6-21(32)15-17)31(28(35)27(24)34)20-10-8-19(9-11-20)30-13-2-3-14-30/h4-12,15-16,25,32-33H,2-3,13-14H2,1H3/b26-24-. The van der Waals surface area contributed by atoms with Gasteiger partial charge in [0.1, 0.15) is 17.3 Å². The molecule has 3 aromatic carbocycles. The van der Waals surface area contributed by atoms with Crippen molar-refractivity contribution in [3.8, 4) is 11.5 Å². The normalized spacial score (nSPS) is 19.2. The van der Waals surface area contributed by atoms with E-state index in [1.54, 1.807) is 30.3 Å². The highest BCUT2D eigenvalue weighted by Gasteiger charge is 2.47. The molecule has 0 aromatic heterocycles. The van der Waals surface area contributed by atoms with Gasteiger partial charge in [-0.05, 0) is 88.9 Å². The molecular weight excluding hydrogens is 524 g/mol. The van der Waals surface area contributed by atoms with Crippen LogP contribution in [0.4, 0.5) is 11.4 Å². The van der Waals surface area contributed by atoms with Crippen molar-refractivity contribution in [2.24, 2.45) is 0 Å². The second kappa shape index (κ2) is 9.70. The van der Waals surface area contributed by atoms with Crippen LogP contribution >= 0.6 is 15.9 Å². The van der Waals surface area contributed by atoms with E-state index in [1.807, 2.05) is 24.3 Å². The van der Waals surface area contributed by atoms with Crippen molar-refractivity contribution in [2.75, 3.05) is 30.0 Å². The van der Waals surface area contributed by atoms with E-state index in [0.717, 1.165) is 31.6 Å². The molecule has 2 heterocycles. The van der Waals surface area contributed by atoms with E-state index in [1.165, 1.54) is 24.1 Å². The molecule has 2 fully saturated rings. The number of anilines is 2. The number of hydrogen-bond acceptors (Lipinski definition) is 6. The molecule has 36 heavy (non-hydrogen) atoms. The summed E-state index contributed by atoms with van der Waals surface area (Å²) in [5, 5.41) is 21.5. The van der Waals surface area contributed by atoms with Crippen LogP contribution in [0.3, 0.4) is 0 Å². The molecule has 0 saturated carbocycles. The minimum Gasteiger partial charge on any atom is -0.508 e. The van der Waals surface area contributed by atoms with Crippen molar-refractivity contribution in [3.05, 3.63) is 87.9 Å². The number of rotatable bonds is 5. The summed E-state index contributed by atoms with van der Waals surface area (Å²) in [6.07, 6.45) is 2.30. The third kappa shape index (κ3) is 4.22. The molecule has 0 bridgehead atoms. The lowest BCUT2D eigenvalue weighted by Crippen LogP contribution is -2.29. The van der Waals surface area contributed by atoms with E-state index in [2.05, 4.69) is 20.8 Å². The lowest BCUT2D eigenvalue weighted by Gasteiger charge is -2.26. The van der Waals surface area contributed by atoms with Crippen LogP contribution in [0.25, 0.3) is 5.76 Å². The van der Waals surface area contributed by atoms with Crippen molar-refractivity contribution in [2.45, 2.75) is 18.9 Å². The number of benzene rings is 3. The maximum Gasteiger partial charge on any atom is 0.300 e. The summed E-state index contributed by atoms with van der Waals surface area (Å²) in [6, 6.07) is 17.9. The van der Waals surface area contributed by atoms with Crippen molar-refractivity contribution in [1.82, 2.24) is 0 Å². The number of methoxy groups -OCH3 is 1. The molecule has 184 valence electrons. The van der Waals surface area contributed by atoms with Crippen LogP contribution in [0, 0.1) is 0 Å². The van der Waals surface area contributed by atoms with Crippen LogP contribution in [0.5, 0.6) is 11.5 Å². The number of amides is 1. The van der Waals surface area contributed by atoms with Crippen molar-refractivity contribution < 1.29 is 24.5 Å². The molecule has 1 unspecified atom stereocenters. The number of phenols is 1. The maximum absolute atomic E-state index is 13.4. The Labute approximate surface area is 217 Å². The van der Waals surface area contributed by atoms with E-state index in [4.69, 9.17) is 4.74 Å². The molecule has 3 aromatic rings. The summed E-state index contributed by atoms with van der Waals surface area (Å²) >= 11 is 3.41. The number of aromatic hydroxyl groups is 1. The minimum absolute atomic E-state index is 0.00494. The topological polar surface area (TPSA) is 90.3 Å². The molecule has 1 amide bonds. The molecule has 0 spiro atoms. The summed E-state index contributed by atoms with van der Waals surface area (Å²) in [7, 11) is 1.53. The van der Waals surface area contributed by atoms with Crippen LogP contribution in [0.15, 0.2) is 76.8 Å². The zero-order chi connectivity index (χ0) is 25.4. The Morgan fingerprint density at radius 2 is 1.67 bits per heavy atom. The van der Waals surface area contributed by atoms with Gasteiger partial charge in [0, 0.05) is 30.0 Å². The van der Waals surface area contributed by atoms with Crippen molar-refractivity contribution in [1.29, 1.82) is 0 Å². The van der Waals surface area contributed by atoms with Gasteiger partial charge in [0.25, 0.3) is 11.7 Å². The van der Waals surface area contributed by atoms with E-state index < -0.39 is 17.7 Å². The van der Waals surface area contributed by atoms with Gasteiger partial charge in [0.15, 0.2) is 0 Å². The predicted octanol–water partition coefficient (Wildman–Crippen LogP) is 5.39. The van der Waals surface area contributed by atoms with E-state index >= 15 is 0 Å². The number of aliphatic hydroxyl groups is 1. The molecule has 0 radical (unpaired) electrons. The smallest absolute Gasteiger partial charge is 0.300 e. The number of ketones is 1. The van der Waals surface area contributed by atoms with Gasteiger partial charge in [-0.25, -0.2) is 0 Å². The quantitative estimate of drug-likeness (QED) is 0.252. The lowest BCUT2D eigenvalue weighted by atomic mass is 9.95. The number of ether oxygens (including phenoxy) is 1. The highest BCUT2D eigenvalue weighted by Crippen LogP contribution is 2.43. The Hall–Kier alpha value is -3.78. The van der Waals surface area contributed by atoms with Gasteiger partial charge in [0.05, 0.1) is 23.2 Å². The summed E-state index contributed by atoms with van der Waals surface area (Å²) in [5.41, 5.74) is 2.40. The first-order valence-corrected chi connectivity index (χ1v) is 12.5. The molecular formula is C28H25BrN2O5. The summed E-state index contributed by atoms with van der Waals surface area (Å²) < 4.78 is 5.86. The Kier molecular flexibility index (Phi) is 6.45. The average Bonchev–Trinajstić information content (AvgIpc) is 3.51. The fourth-order valence-corrected chi connectivity index (χ4v) is 5.42. The molecule has 2 aliphatic heterocycles. The summed E-state index contributed by atoms with van der Waals surface area (Å²) in [5.74, 6) is -1.28. The minimum atomic E-state index is -0.921. The highest BCUT2D eigenvalue weighted by molar-refractivity contribution is 9.10. The molecule has 2 aliphatic rings. The number of carbonyl (C=O) groups is 2. The van der Waals surface area contributed by atoms with Crippen LogP contribution in [-0.4, -0.2) is 42.1 Å². The number of carbonyl (C=O) groups excluding carboxylic acids is 2. The van der Waals surface area contributed by atoms with Gasteiger partial charge in [0.2, 0.25) is 0 Å². The number of hydrogen-bond donors (Lipinski definition) is 2. The van der Waals surface area contributed by atoms with Crippen molar-refractivity contribution >= 4 is 44.8 Å². The second-order valence-electron chi connectivity index (χ2n) is 8.82. The van der Waals surface area contributed by atoms with Gasteiger partial charge < -0.3 is 19.8 Å². The summed E-state index contributed by atoms with van der Waals surface area (Å²) in [6.45, 7) is 1.98. The second-order valence-corrected chi connectivity index (χ2v) is 9.68. The zero-order valence-corrected chi connectivity index (χ0v) is 21.2. The van der Waals surface area contributed by atoms with E-state index in [-0.39, 0.29) is 17.1 Å². The fraction of sp³-hybridized carbons (Fsp3) is 0.214. The average molecular weight is 549 g/mol. The Balaban J connectivity index is 1.63. The SMILES string of the molecule is COc1ccc(/C(O)=C2/C(=O)C(=O)N(c3ccc(N4CCCC4)cc3)C2c2cccc(O)c2)cc1Br. The zero-order valence-electron chi connectivity index (χ0n) is 19.6. The van der Waals surface area contributed by atoms with Crippen LogP contribution in [-0.2, 0) is 9.59 Å². The van der Waals surface area contributed by atoms with Gasteiger partial charge in [-0.2, -0.15) is 0 Å². The van der Waals surface area contributed by atoms with Gasteiger partial charge >= 0.3 is 0 Å². The Morgan fingerprint density at radius 1 is 0.972 bits per heavy atom. The molecule has 5 rings (SSSR count). The van der Waals surface area contributed by atoms with Gasteiger partial charge in [-0.3, -0.25) is 14.5 Å². The number of aliphatic hydroxyl groups excluding tert-OH is 1. The van der Waals surface area contributed by atoms with E-state index in [9.17, 15) is 19.8 Å². The number of halogens is 1. The molecule has 8 heteroatoms. The summed E-state index contributed by atoms with van der Waals surface area (Å²) in [4.78, 5) is 30.4. The van der Waals surface area contributed by atoms with E-state index in [0.29, 0.717) is 27.0 Å². The van der Waals surface area contributed by atoms with Crippen LogP contribution in [0.1, 0.15) is 30.0 Å². The number of Topliss-reactive ketones (excluding diaryl/α,β-unsaturated/α-hetero) is 1. The fourth-order valence-electron chi connectivity index (χ4n) is 4.88. The number of nitrogens with zero attached hydrogens (tertiary/aromatic N) is 2. The van der Waals surface area contributed by atoms with Crippen LogP contribution < -0.4 is 14.5 Å². The van der Waals surface area contributed by atoms with Crippen molar-refractivity contribution in [3.63, 3.8) is 0 Å².